The molecule has 0 amide bonds. The Hall–Kier alpha value is -0.720. The molecule has 3 fully saturated rings. The average Bonchev–Trinajstić information content (AvgIpc) is 2.75. The quantitative estimate of drug-likeness (QED) is 0.838. The van der Waals surface area contributed by atoms with E-state index in [2.05, 4.69) is 13.6 Å². The number of fused-ring (bicyclic) bond motifs is 3. The Morgan fingerprint density at radius 3 is 2.69 bits per heavy atom. The summed E-state index contributed by atoms with van der Waals surface area (Å²) < 4.78 is 13.7. The Morgan fingerprint density at radius 1 is 1.38 bits per heavy atom. The second-order valence-corrected chi connectivity index (χ2v) is 5.02. The van der Waals surface area contributed by atoms with E-state index in [1.54, 1.807) is 7.11 Å². The van der Waals surface area contributed by atoms with Crippen LogP contribution in [0, 0.1) is 5.92 Å². The van der Waals surface area contributed by atoms with Gasteiger partial charge in [0.2, 0.25) is 5.88 Å². The number of piperidine rings is 3. The fourth-order valence-electron chi connectivity index (χ4n) is 3.02. The Morgan fingerprint density at radius 2 is 2.12 bits per heavy atom. The van der Waals surface area contributed by atoms with E-state index in [9.17, 15) is 5.11 Å². The van der Waals surface area contributed by atoms with Crippen LogP contribution in [0.15, 0.2) is 0 Å². The van der Waals surface area contributed by atoms with Crippen LogP contribution in [-0.4, -0.2) is 45.1 Å². The number of rotatable bonds is 2. The minimum absolute atomic E-state index is 0.0737. The van der Waals surface area contributed by atoms with Gasteiger partial charge in [-0.15, -0.1) is 4.37 Å². The number of aromatic hydroxyl groups is 1. The lowest BCUT2D eigenvalue weighted by molar-refractivity contribution is -0.0960. The van der Waals surface area contributed by atoms with Gasteiger partial charge in [-0.3, -0.25) is 4.90 Å². The van der Waals surface area contributed by atoms with Crippen LogP contribution in [0.3, 0.4) is 0 Å². The van der Waals surface area contributed by atoms with Gasteiger partial charge < -0.3 is 9.84 Å². The van der Waals surface area contributed by atoms with E-state index in [1.807, 2.05) is 0 Å². The van der Waals surface area contributed by atoms with Gasteiger partial charge in [0, 0.05) is 7.11 Å². The van der Waals surface area contributed by atoms with E-state index in [0.29, 0.717) is 11.6 Å². The molecule has 2 bridgehead atoms. The summed E-state index contributed by atoms with van der Waals surface area (Å²) in [6.07, 6.45) is 2.53. The summed E-state index contributed by atoms with van der Waals surface area (Å²) in [7, 11) is 1.75. The van der Waals surface area contributed by atoms with Crippen molar-refractivity contribution >= 4 is 11.7 Å². The van der Waals surface area contributed by atoms with Crippen molar-refractivity contribution in [2.24, 2.45) is 5.92 Å². The van der Waals surface area contributed by atoms with Crippen LogP contribution in [-0.2, 0) is 4.74 Å². The summed E-state index contributed by atoms with van der Waals surface area (Å²) in [5.74, 6) is 0.672. The molecule has 3 aliphatic heterocycles. The van der Waals surface area contributed by atoms with Gasteiger partial charge in [-0.05, 0) is 31.8 Å². The van der Waals surface area contributed by atoms with Crippen LogP contribution >= 0.6 is 11.7 Å². The SMILES string of the molecule is COC1C2CCN(CC2)C1c1nsnc1O. The molecule has 5 nitrogen and oxygen atoms in total. The van der Waals surface area contributed by atoms with Crippen LogP contribution in [0.25, 0.3) is 0 Å². The topological polar surface area (TPSA) is 58.5 Å². The monoisotopic (exact) mass is 241 g/mol. The first-order valence-corrected chi connectivity index (χ1v) is 6.32. The molecule has 1 N–H and O–H groups in total. The first-order valence-electron chi connectivity index (χ1n) is 5.59. The molecule has 1 aromatic rings. The second kappa shape index (κ2) is 3.94. The number of ether oxygens (including phenoxy) is 1. The lowest BCUT2D eigenvalue weighted by atomic mass is 9.79. The van der Waals surface area contributed by atoms with Gasteiger partial charge in [0.1, 0.15) is 5.69 Å². The zero-order valence-electron chi connectivity index (χ0n) is 9.17. The van der Waals surface area contributed by atoms with E-state index in [1.165, 1.54) is 12.8 Å². The highest BCUT2D eigenvalue weighted by atomic mass is 32.1. The average molecular weight is 241 g/mol. The van der Waals surface area contributed by atoms with Crippen molar-refractivity contribution in [2.75, 3.05) is 20.2 Å². The maximum Gasteiger partial charge on any atom is 0.248 e. The third-order valence-electron chi connectivity index (χ3n) is 3.79. The van der Waals surface area contributed by atoms with Crippen molar-refractivity contribution in [2.45, 2.75) is 25.0 Å². The maximum atomic E-state index is 9.70. The summed E-state index contributed by atoms with van der Waals surface area (Å²) in [4.78, 5) is 2.35. The van der Waals surface area contributed by atoms with Crippen molar-refractivity contribution in [1.82, 2.24) is 13.6 Å². The standard InChI is InChI=1S/C10H15N3O2S/c1-15-9-6-2-4-13(5-3-6)8(9)7-10(14)12-16-11-7/h6,8-9H,2-5H2,1H3,(H,12,14). The van der Waals surface area contributed by atoms with Gasteiger partial charge in [-0.25, -0.2) is 0 Å². The highest BCUT2D eigenvalue weighted by Crippen LogP contribution is 2.43. The fraction of sp³-hybridized carbons (Fsp3) is 0.800. The van der Waals surface area contributed by atoms with Gasteiger partial charge in [0.05, 0.1) is 23.9 Å². The second-order valence-electron chi connectivity index (χ2n) is 4.49. The lowest BCUT2D eigenvalue weighted by Crippen LogP contribution is -2.53. The van der Waals surface area contributed by atoms with Gasteiger partial charge in [-0.2, -0.15) is 4.37 Å². The van der Waals surface area contributed by atoms with Gasteiger partial charge in [-0.1, -0.05) is 0 Å². The predicted molar refractivity (Wildman–Crippen MR) is 59.4 cm³/mol. The fourth-order valence-corrected chi connectivity index (χ4v) is 3.51. The molecule has 1 aromatic heterocycles. The summed E-state index contributed by atoms with van der Waals surface area (Å²) in [6, 6.07) is 0.0937. The third kappa shape index (κ3) is 1.44. The Bertz CT molecular complexity index is 376. The van der Waals surface area contributed by atoms with Crippen LogP contribution < -0.4 is 0 Å². The van der Waals surface area contributed by atoms with Crippen LogP contribution in [0.1, 0.15) is 24.6 Å². The number of nitrogens with zero attached hydrogens (tertiary/aromatic N) is 3. The minimum Gasteiger partial charge on any atom is -0.491 e. The summed E-state index contributed by atoms with van der Waals surface area (Å²) in [5, 5.41) is 9.70. The van der Waals surface area contributed by atoms with Crippen molar-refractivity contribution in [3.05, 3.63) is 5.69 Å². The number of hydrogen-bond donors (Lipinski definition) is 1. The van der Waals surface area contributed by atoms with Gasteiger partial charge >= 0.3 is 0 Å². The highest BCUT2D eigenvalue weighted by molar-refractivity contribution is 6.99. The molecule has 3 saturated heterocycles. The van der Waals surface area contributed by atoms with Gasteiger partial charge in [0.25, 0.3) is 0 Å². The predicted octanol–water partition coefficient (Wildman–Crippen LogP) is 1.03. The van der Waals surface area contributed by atoms with E-state index >= 15 is 0 Å². The van der Waals surface area contributed by atoms with Crippen LogP contribution in [0.5, 0.6) is 5.88 Å². The molecular weight excluding hydrogens is 226 g/mol. The molecule has 4 heterocycles. The lowest BCUT2D eigenvalue weighted by Gasteiger charge is -2.49. The molecule has 2 atom stereocenters. The molecule has 0 aromatic carbocycles. The molecule has 0 aliphatic carbocycles. The molecule has 3 aliphatic rings. The zero-order valence-corrected chi connectivity index (χ0v) is 9.98. The van der Waals surface area contributed by atoms with Gasteiger partial charge in [0.15, 0.2) is 0 Å². The number of methoxy groups -OCH3 is 1. The molecule has 0 radical (unpaired) electrons. The van der Waals surface area contributed by atoms with Crippen LogP contribution in [0.4, 0.5) is 0 Å². The molecule has 0 spiro atoms. The van der Waals surface area contributed by atoms with E-state index in [4.69, 9.17) is 4.74 Å². The summed E-state index contributed by atoms with van der Waals surface area (Å²) >= 11 is 1.07. The number of hydrogen-bond acceptors (Lipinski definition) is 6. The molecule has 4 rings (SSSR count). The largest absolute Gasteiger partial charge is 0.491 e. The first kappa shape index (κ1) is 10.4. The number of aromatic nitrogens is 2. The molecule has 6 heteroatoms. The molecule has 88 valence electrons. The zero-order chi connectivity index (χ0) is 11.1. The molecule has 0 saturated carbocycles. The Balaban J connectivity index is 1.96. The van der Waals surface area contributed by atoms with Crippen molar-refractivity contribution in [1.29, 1.82) is 0 Å². The Labute approximate surface area is 98.4 Å². The van der Waals surface area contributed by atoms with Crippen LogP contribution in [0.2, 0.25) is 0 Å². The van der Waals surface area contributed by atoms with Crippen molar-refractivity contribution in [3.63, 3.8) is 0 Å². The third-order valence-corrected chi connectivity index (χ3v) is 4.32. The van der Waals surface area contributed by atoms with E-state index < -0.39 is 0 Å². The molecule has 2 unspecified atom stereocenters. The highest BCUT2D eigenvalue weighted by Gasteiger charge is 2.45. The maximum absolute atomic E-state index is 9.70. The summed E-state index contributed by atoms with van der Waals surface area (Å²) in [5.41, 5.74) is 0.696. The minimum atomic E-state index is 0.0737. The van der Waals surface area contributed by atoms with Crippen molar-refractivity contribution < 1.29 is 9.84 Å². The van der Waals surface area contributed by atoms with E-state index in [0.717, 1.165) is 24.8 Å². The van der Waals surface area contributed by atoms with Crippen molar-refractivity contribution in [3.8, 4) is 5.88 Å². The summed E-state index contributed by atoms with van der Waals surface area (Å²) in [6.45, 7) is 2.15. The molecular formula is C10H15N3O2S. The smallest absolute Gasteiger partial charge is 0.248 e. The normalized spacial score (nSPS) is 37.8. The molecule has 16 heavy (non-hydrogen) atoms. The first-order chi connectivity index (χ1) is 7.81. The Kier molecular flexibility index (Phi) is 2.57. The van der Waals surface area contributed by atoms with E-state index in [-0.39, 0.29) is 18.0 Å².